The molecular weight excluding hydrogens is 516 g/mol. The molecule has 0 atom stereocenters. The number of thioether (sulfide) groups is 1. The molecule has 0 N–H and O–H groups in total. The van der Waals surface area contributed by atoms with Crippen molar-refractivity contribution in [1.29, 1.82) is 0 Å². The maximum atomic E-state index is 5.30. The molecule has 6 aromatic rings. The molecule has 2 nitrogen and oxygen atoms in total. The second-order valence-corrected chi connectivity index (χ2v) is 11.4. The topological polar surface area (TPSA) is 16.1 Å². The zero-order valence-corrected chi connectivity index (χ0v) is 23.2. The van der Waals surface area contributed by atoms with Crippen LogP contribution < -0.4 is 4.90 Å². The molecule has 0 amide bonds. The number of aromatic nitrogens is 1. The van der Waals surface area contributed by atoms with Crippen LogP contribution in [0.2, 0.25) is 0 Å². The minimum absolute atomic E-state index is 0.831. The van der Waals surface area contributed by atoms with Crippen LogP contribution in [0.4, 0.5) is 11.4 Å². The van der Waals surface area contributed by atoms with E-state index in [1.165, 1.54) is 54.2 Å². The van der Waals surface area contributed by atoms with Gasteiger partial charge < -0.3 is 4.90 Å². The van der Waals surface area contributed by atoms with Gasteiger partial charge in [0, 0.05) is 26.3 Å². The van der Waals surface area contributed by atoms with Crippen molar-refractivity contribution in [1.82, 2.24) is 4.98 Å². The monoisotopic (exact) mass is 542 g/mol. The molecule has 2 aliphatic rings. The Morgan fingerprint density at radius 2 is 1.34 bits per heavy atom. The summed E-state index contributed by atoms with van der Waals surface area (Å²) in [5, 5.41) is 3.59. The highest BCUT2D eigenvalue weighted by Crippen LogP contribution is 2.50. The quantitative estimate of drug-likeness (QED) is 0.207. The Morgan fingerprint density at radius 3 is 2.20 bits per heavy atom. The van der Waals surface area contributed by atoms with Crippen LogP contribution in [-0.2, 0) is 0 Å². The zero-order chi connectivity index (χ0) is 27.2. The number of anilines is 2. The third-order valence-corrected chi connectivity index (χ3v) is 8.96. The third-order valence-electron chi connectivity index (χ3n) is 7.85. The summed E-state index contributed by atoms with van der Waals surface area (Å²) in [7, 11) is 0. The van der Waals surface area contributed by atoms with E-state index in [2.05, 4.69) is 151 Å². The lowest BCUT2D eigenvalue weighted by atomic mass is 9.97. The van der Waals surface area contributed by atoms with Gasteiger partial charge in [0.15, 0.2) is 0 Å². The van der Waals surface area contributed by atoms with Gasteiger partial charge in [0.25, 0.3) is 0 Å². The number of hydrogen-bond acceptors (Lipinski definition) is 3. The average Bonchev–Trinajstić information content (AvgIpc) is 3.26. The van der Waals surface area contributed by atoms with Crippen LogP contribution in [0, 0.1) is 0 Å². The molecule has 2 heterocycles. The van der Waals surface area contributed by atoms with Crippen LogP contribution in [0.25, 0.3) is 38.4 Å². The first-order valence-electron chi connectivity index (χ1n) is 14.0. The van der Waals surface area contributed by atoms with Gasteiger partial charge in [-0.25, -0.2) is 4.98 Å². The fraction of sp³-hybridized carbons (Fsp3) is 0.0263. The van der Waals surface area contributed by atoms with Crippen molar-refractivity contribution in [3.05, 3.63) is 162 Å². The smallest absolute Gasteiger partial charge is 0.0785 e. The number of benzene rings is 5. The minimum Gasteiger partial charge on any atom is -0.309 e. The molecule has 1 aliphatic carbocycles. The van der Waals surface area contributed by atoms with Gasteiger partial charge in [-0.15, -0.1) is 0 Å². The molecule has 8 rings (SSSR count). The Kier molecular flexibility index (Phi) is 5.82. The third kappa shape index (κ3) is 4.18. The summed E-state index contributed by atoms with van der Waals surface area (Å²) in [5.41, 5.74) is 9.26. The van der Waals surface area contributed by atoms with Crippen LogP contribution in [0.1, 0.15) is 12.1 Å². The fourth-order valence-corrected chi connectivity index (χ4v) is 7.05. The molecule has 5 aromatic carbocycles. The van der Waals surface area contributed by atoms with Gasteiger partial charge >= 0.3 is 0 Å². The molecule has 1 aliphatic heterocycles. The Bertz CT molecular complexity index is 2040. The highest BCUT2D eigenvalue weighted by Gasteiger charge is 2.28. The molecule has 0 unspecified atom stereocenters. The molecule has 0 fully saturated rings. The van der Waals surface area contributed by atoms with Crippen molar-refractivity contribution >= 4 is 50.4 Å². The van der Waals surface area contributed by atoms with E-state index in [9.17, 15) is 0 Å². The van der Waals surface area contributed by atoms with Crippen LogP contribution in [0.5, 0.6) is 0 Å². The van der Waals surface area contributed by atoms with Gasteiger partial charge in [-0.2, -0.15) is 0 Å². The summed E-state index contributed by atoms with van der Waals surface area (Å²) < 4.78 is 0. The molecule has 1 aromatic heterocycles. The number of nitrogens with zero attached hydrogens (tertiary/aromatic N) is 2. The Labute approximate surface area is 244 Å². The predicted molar refractivity (Wildman–Crippen MR) is 174 cm³/mol. The largest absolute Gasteiger partial charge is 0.309 e. The fourth-order valence-electron chi connectivity index (χ4n) is 5.94. The second-order valence-electron chi connectivity index (χ2n) is 10.3. The maximum absolute atomic E-state index is 5.30. The first-order valence-corrected chi connectivity index (χ1v) is 14.8. The summed E-state index contributed by atoms with van der Waals surface area (Å²) in [6, 6.07) is 45.3. The Hall–Kier alpha value is -4.86. The van der Waals surface area contributed by atoms with Gasteiger partial charge in [-0.3, -0.25) is 0 Å². The summed E-state index contributed by atoms with van der Waals surface area (Å²) >= 11 is 1.84. The van der Waals surface area contributed by atoms with Gasteiger partial charge in [0.05, 0.1) is 22.6 Å². The molecule has 3 heteroatoms. The van der Waals surface area contributed by atoms with Gasteiger partial charge in [-0.05, 0) is 71.0 Å². The number of fused-ring (bicyclic) bond motifs is 5. The van der Waals surface area contributed by atoms with E-state index in [-0.39, 0.29) is 0 Å². The van der Waals surface area contributed by atoms with E-state index in [1.54, 1.807) is 0 Å². The number of para-hydroxylation sites is 2. The normalized spacial score (nSPS) is 14.5. The van der Waals surface area contributed by atoms with Gasteiger partial charge in [0.2, 0.25) is 0 Å². The van der Waals surface area contributed by atoms with Crippen molar-refractivity contribution in [2.24, 2.45) is 0 Å². The van der Waals surface area contributed by atoms with Crippen LogP contribution in [-0.4, -0.2) is 4.98 Å². The molecule has 194 valence electrons. The number of rotatable bonds is 3. The van der Waals surface area contributed by atoms with Crippen LogP contribution in [0.3, 0.4) is 0 Å². The molecule has 0 saturated heterocycles. The van der Waals surface area contributed by atoms with Gasteiger partial charge in [0.1, 0.15) is 0 Å². The molecule has 0 spiro atoms. The number of pyridine rings is 1. The summed E-state index contributed by atoms with van der Waals surface area (Å²) in [5.74, 6) is 0. The SMILES string of the molecule is C1=C2Sc3ccccc3N(c3ccccc3)C2=CCC=C1c1nc2ccc(-c3ccccc3)cc2c2ccccc12. The van der Waals surface area contributed by atoms with E-state index < -0.39 is 0 Å². The molecule has 0 saturated carbocycles. The average molecular weight is 543 g/mol. The first-order chi connectivity index (χ1) is 20.3. The number of hydrogen-bond donors (Lipinski definition) is 0. The van der Waals surface area contributed by atoms with E-state index in [1.807, 2.05) is 11.8 Å². The lowest BCUT2D eigenvalue weighted by Gasteiger charge is -2.34. The summed E-state index contributed by atoms with van der Waals surface area (Å²) in [4.78, 5) is 10.2. The highest BCUT2D eigenvalue weighted by molar-refractivity contribution is 8.03. The summed E-state index contributed by atoms with van der Waals surface area (Å²) in [6.07, 6.45) is 7.85. The van der Waals surface area contributed by atoms with E-state index >= 15 is 0 Å². The van der Waals surface area contributed by atoms with Crippen molar-refractivity contribution in [3.8, 4) is 11.1 Å². The van der Waals surface area contributed by atoms with E-state index in [0.717, 1.165) is 23.2 Å². The number of allylic oxidation sites excluding steroid dienone is 4. The Morgan fingerprint density at radius 1 is 0.610 bits per heavy atom. The van der Waals surface area contributed by atoms with Gasteiger partial charge in [-0.1, -0.05) is 115 Å². The lowest BCUT2D eigenvalue weighted by molar-refractivity contribution is 1.13. The molecule has 41 heavy (non-hydrogen) atoms. The predicted octanol–water partition coefficient (Wildman–Crippen LogP) is 10.6. The minimum atomic E-state index is 0.831. The van der Waals surface area contributed by atoms with Crippen molar-refractivity contribution in [2.75, 3.05) is 4.90 Å². The van der Waals surface area contributed by atoms with Crippen molar-refractivity contribution in [2.45, 2.75) is 11.3 Å². The van der Waals surface area contributed by atoms with E-state index in [0.29, 0.717) is 0 Å². The highest BCUT2D eigenvalue weighted by atomic mass is 32.2. The molecule has 0 radical (unpaired) electrons. The second kappa shape index (κ2) is 9.96. The van der Waals surface area contributed by atoms with Crippen molar-refractivity contribution in [3.63, 3.8) is 0 Å². The Balaban J connectivity index is 1.28. The lowest BCUT2D eigenvalue weighted by Crippen LogP contribution is -2.21. The summed E-state index contributed by atoms with van der Waals surface area (Å²) in [6.45, 7) is 0. The maximum Gasteiger partial charge on any atom is 0.0785 e. The van der Waals surface area contributed by atoms with E-state index in [4.69, 9.17) is 4.98 Å². The van der Waals surface area contributed by atoms with Crippen LogP contribution >= 0.6 is 11.8 Å². The van der Waals surface area contributed by atoms with Crippen LogP contribution in [0.15, 0.2) is 161 Å². The zero-order valence-electron chi connectivity index (χ0n) is 22.4. The molecule has 0 bridgehead atoms. The molecular formula is C38H26N2S. The first kappa shape index (κ1) is 24.0. The standard InChI is InChI=1S/C38H26N2S/c1-3-12-26(13-4-1)27-22-23-33-32(24-27)30-17-7-8-18-31(30)38(39-33)28-14-11-20-35-37(25-28)41-36-21-10-9-19-34(36)40(35)29-15-5-2-6-16-29/h1-10,12-25H,11H2. The van der Waals surface area contributed by atoms with Crippen molar-refractivity contribution < 1.29 is 0 Å².